The molecule has 0 N–H and O–H groups in total. The summed E-state index contributed by atoms with van der Waals surface area (Å²) in [5.41, 5.74) is 1.76. The van der Waals surface area contributed by atoms with Crippen LogP contribution in [0.15, 0.2) is 36.4 Å². The molecule has 2 aromatic rings. The van der Waals surface area contributed by atoms with E-state index in [9.17, 15) is 4.39 Å². The first kappa shape index (κ1) is 15.3. The second-order valence-corrected chi connectivity index (χ2v) is 4.89. The number of methoxy groups -OCH3 is 1. The Morgan fingerprint density at radius 2 is 2.00 bits per heavy atom. The molecule has 3 nitrogen and oxygen atoms in total. The van der Waals surface area contributed by atoms with Gasteiger partial charge < -0.3 is 9.47 Å². The Labute approximate surface area is 131 Å². The van der Waals surface area contributed by atoms with Crippen molar-refractivity contribution in [3.63, 3.8) is 0 Å². The summed E-state index contributed by atoms with van der Waals surface area (Å²) in [5, 5.41) is 9.54. The summed E-state index contributed by atoms with van der Waals surface area (Å²) >= 11 is 3.37. The summed E-state index contributed by atoms with van der Waals surface area (Å²) in [4.78, 5) is 0. The van der Waals surface area contributed by atoms with Gasteiger partial charge in [0, 0.05) is 10.9 Å². The monoisotopic (exact) mass is 349 g/mol. The van der Waals surface area contributed by atoms with Crippen molar-refractivity contribution in [2.24, 2.45) is 0 Å². The van der Waals surface area contributed by atoms with Gasteiger partial charge in [-0.3, -0.25) is 0 Å². The molecule has 2 aromatic carbocycles. The van der Waals surface area contributed by atoms with Crippen molar-refractivity contribution in [1.29, 1.82) is 5.26 Å². The molecule has 21 heavy (non-hydrogen) atoms. The van der Waals surface area contributed by atoms with Crippen molar-refractivity contribution in [1.82, 2.24) is 0 Å². The molecule has 5 heteroatoms. The Morgan fingerprint density at radius 1 is 1.19 bits per heavy atom. The molecular formula is C16H13BrFNO2. The van der Waals surface area contributed by atoms with Gasteiger partial charge in [0.1, 0.15) is 12.4 Å². The number of nitrogens with zero attached hydrogens (tertiary/aromatic N) is 1. The third-order valence-electron chi connectivity index (χ3n) is 2.94. The van der Waals surface area contributed by atoms with E-state index in [2.05, 4.69) is 15.9 Å². The van der Waals surface area contributed by atoms with Crippen LogP contribution in [0.4, 0.5) is 4.39 Å². The minimum atomic E-state index is -0.399. The first-order valence-corrected chi connectivity index (χ1v) is 7.34. The lowest BCUT2D eigenvalue weighted by Gasteiger charge is -2.12. The van der Waals surface area contributed by atoms with Crippen LogP contribution in [-0.4, -0.2) is 7.11 Å². The predicted octanol–water partition coefficient (Wildman–Crippen LogP) is 4.18. The topological polar surface area (TPSA) is 42.2 Å². The van der Waals surface area contributed by atoms with Gasteiger partial charge in [0.15, 0.2) is 11.5 Å². The van der Waals surface area contributed by atoms with E-state index in [1.54, 1.807) is 13.2 Å². The Bertz CT molecular complexity index is 682. The van der Waals surface area contributed by atoms with Gasteiger partial charge in [0.2, 0.25) is 0 Å². The van der Waals surface area contributed by atoms with Gasteiger partial charge in [0.25, 0.3) is 0 Å². The number of alkyl halides is 1. The van der Waals surface area contributed by atoms with Crippen LogP contribution in [0.5, 0.6) is 11.5 Å². The average molecular weight is 350 g/mol. The van der Waals surface area contributed by atoms with Crippen LogP contribution in [-0.2, 0) is 11.9 Å². The standard InChI is InChI=1S/C16H13BrFNO2/c1-20-15-5-3-11(8-17)7-16(15)21-10-13-6-12(9-19)2-4-14(13)18/h2-7H,8,10H2,1H3. The predicted molar refractivity (Wildman–Crippen MR) is 81.1 cm³/mol. The first-order valence-electron chi connectivity index (χ1n) is 6.22. The smallest absolute Gasteiger partial charge is 0.161 e. The van der Waals surface area contributed by atoms with Crippen LogP contribution in [0.1, 0.15) is 16.7 Å². The van der Waals surface area contributed by atoms with Crippen LogP contribution in [0.3, 0.4) is 0 Å². The third kappa shape index (κ3) is 3.73. The molecule has 0 aliphatic heterocycles. The molecule has 2 rings (SSSR count). The summed E-state index contributed by atoms with van der Waals surface area (Å²) in [6.45, 7) is 0.0312. The van der Waals surface area contributed by atoms with Crippen molar-refractivity contribution in [3.05, 3.63) is 58.9 Å². The minimum absolute atomic E-state index is 0.0312. The van der Waals surface area contributed by atoms with Gasteiger partial charge in [-0.2, -0.15) is 5.26 Å². The number of hydrogen-bond donors (Lipinski definition) is 0. The van der Waals surface area contributed by atoms with Crippen molar-refractivity contribution in [3.8, 4) is 17.6 Å². The highest BCUT2D eigenvalue weighted by atomic mass is 79.9. The van der Waals surface area contributed by atoms with Crippen LogP contribution >= 0.6 is 15.9 Å². The van der Waals surface area contributed by atoms with Gasteiger partial charge in [-0.25, -0.2) is 4.39 Å². The highest BCUT2D eigenvalue weighted by Crippen LogP contribution is 2.29. The van der Waals surface area contributed by atoms with Crippen molar-refractivity contribution in [2.75, 3.05) is 7.11 Å². The summed E-state index contributed by atoms with van der Waals surface area (Å²) in [7, 11) is 1.55. The molecule has 0 aromatic heterocycles. The number of rotatable bonds is 5. The largest absolute Gasteiger partial charge is 0.493 e. The molecule has 0 unspecified atom stereocenters. The van der Waals surface area contributed by atoms with Crippen molar-refractivity contribution >= 4 is 15.9 Å². The van der Waals surface area contributed by atoms with Crippen LogP contribution in [0, 0.1) is 17.1 Å². The van der Waals surface area contributed by atoms with Crippen LogP contribution in [0.25, 0.3) is 0 Å². The number of halogens is 2. The van der Waals surface area contributed by atoms with Crippen LogP contribution in [0.2, 0.25) is 0 Å². The fraction of sp³-hybridized carbons (Fsp3) is 0.188. The summed E-state index contributed by atoms with van der Waals surface area (Å²) in [6, 6.07) is 11.7. The van der Waals surface area contributed by atoms with Crippen LogP contribution < -0.4 is 9.47 Å². The second-order valence-electron chi connectivity index (χ2n) is 4.33. The molecule has 0 aliphatic carbocycles. The molecule has 0 radical (unpaired) electrons. The molecule has 0 atom stereocenters. The first-order chi connectivity index (χ1) is 10.2. The number of benzene rings is 2. The third-order valence-corrected chi connectivity index (χ3v) is 3.59. The maximum Gasteiger partial charge on any atom is 0.161 e. The van der Waals surface area contributed by atoms with E-state index < -0.39 is 5.82 Å². The lowest BCUT2D eigenvalue weighted by Crippen LogP contribution is -2.01. The van der Waals surface area contributed by atoms with Gasteiger partial charge in [0.05, 0.1) is 18.7 Å². The lowest BCUT2D eigenvalue weighted by atomic mass is 10.1. The fourth-order valence-corrected chi connectivity index (χ4v) is 2.18. The Kier molecular flexibility index (Phi) is 5.18. The summed E-state index contributed by atoms with van der Waals surface area (Å²) in [6.07, 6.45) is 0. The number of ether oxygens (including phenoxy) is 2. The molecule has 108 valence electrons. The van der Waals surface area contributed by atoms with Gasteiger partial charge in [-0.05, 0) is 35.9 Å². The van der Waals surface area contributed by atoms with E-state index in [1.807, 2.05) is 18.2 Å². The number of hydrogen-bond acceptors (Lipinski definition) is 3. The molecule has 0 saturated heterocycles. The zero-order valence-corrected chi connectivity index (χ0v) is 13.0. The zero-order chi connectivity index (χ0) is 15.2. The second kappa shape index (κ2) is 7.09. The fourth-order valence-electron chi connectivity index (χ4n) is 1.83. The SMILES string of the molecule is COc1ccc(CBr)cc1OCc1cc(C#N)ccc1F. The highest BCUT2D eigenvalue weighted by Gasteiger charge is 2.09. The molecule has 0 spiro atoms. The van der Waals surface area contributed by atoms with E-state index in [1.165, 1.54) is 18.2 Å². The number of nitriles is 1. The van der Waals surface area contributed by atoms with Crippen molar-refractivity contribution in [2.45, 2.75) is 11.9 Å². The highest BCUT2D eigenvalue weighted by molar-refractivity contribution is 9.08. The zero-order valence-electron chi connectivity index (χ0n) is 11.4. The molecule has 0 bridgehead atoms. The lowest BCUT2D eigenvalue weighted by molar-refractivity contribution is 0.279. The molecular weight excluding hydrogens is 337 g/mol. The Balaban J connectivity index is 2.21. The maximum atomic E-state index is 13.7. The van der Waals surface area contributed by atoms with Gasteiger partial charge in [-0.15, -0.1) is 0 Å². The van der Waals surface area contributed by atoms with E-state index in [0.29, 0.717) is 28.0 Å². The Hall–Kier alpha value is -2.06. The van der Waals surface area contributed by atoms with E-state index >= 15 is 0 Å². The van der Waals surface area contributed by atoms with Crippen molar-refractivity contribution < 1.29 is 13.9 Å². The molecule has 0 saturated carbocycles. The molecule has 0 aliphatic rings. The average Bonchev–Trinajstić information content (AvgIpc) is 2.53. The van der Waals surface area contributed by atoms with E-state index in [0.717, 1.165) is 5.56 Å². The van der Waals surface area contributed by atoms with Gasteiger partial charge >= 0.3 is 0 Å². The van der Waals surface area contributed by atoms with Gasteiger partial charge in [-0.1, -0.05) is 22.0 Å². The maximum absolute atomic E-state index is 13.7. The summed E-state index contributed by atoms with van der Waals surface area (Å²) < 4.78 is 24.6. The quantitative estimate of drug-likeness (QED) is 0.760. The minimum Gasteiger partial charge on any atom is -0.493 e. The summed E-state index contributed by atoms with van der Waals surface area (Å²) in [5.74, 6) is 0.720. The normalized spacial score (nSPS) is 10.0. The van der Waals surface area contributed by atoms with E-state index in [-0.39, 0.29) is 6.61 Å². The molecule has 0 fully saturated rings. The van der Waals surface area contributed by atoms with E-state index in [4.69, 9.17) is 14.7 Å². The molecule has 0 amide bonds. The molecule has 0 heterocycles. The Morgan fingerprint density at radius 3 is 2.67 bits per heavy atom.